The van der Waals surface area contributed by atoms with Crippen LogP contribution < -0.4 is 15.8 Å². The number of hydrogen-bond donors (Lipinski definition) is 3. The Bertz CT molecular complexity index is 1450. The van der Waals surface area contributed by atoms with Crippen LogP contribution in [0.3, 0.4) is 0 Å². The summed E-state index contributed by atoms with van der Waals surface area (Å²) in [6, 6.07) is 19.3. The molecule has 0 fully saturated rings. The molecule has 32 heavy (non-hydrogen) atoms. The molecular formula is C21H18N4O5S2. The number of hydrogen-bond acceptors (Lipinski definition) is 6. The first-order valence-corrected chi connectivity index (χ1v) is 12.5. The Morgan fingerprint density at radius 3 is 2.38 bits per heavy atom. The molecule has 1 aliphatic heterocycles. The van der Waals surface area contributed by atoms with Gasteiger partial charge >= 0.3 is 0 Å². The van der Waals surface area contributed by atoms with E-state index >= 15 is 0 Å². The third kappa shape index (κ3) is 4.85. The lowest BCUT2D eigenvalue weighted by Gasteiger charge is -2.09. The van der Waals surface area contributed by atoms with Crippen molar-refractivity contribution < 1.29 is 21.6 Å². The van der Waals surface area contributed by atoms with E-state index < -0.39 is 26.0 Å². The van der Waals surface area contributed by atoms with Gasteiger partial charge in [0.25, 0.3) is 15.9 Å². The van der Waals surface area contributed by atoms with Gasteiger partial charge in [-0.15, -0.1) is 4.40 Å². The summed E-state index contributed by atoms with van der Waals surface area (Å²) < 4.78 is 50.6. The van der Waals surface area contributed by atoms with Gasteiger partial charge in [-0.3, -0.25) is 4.79 Å². The van der Waals surface area contributed by atoms with Crippen molar-refractivity contribution in [2.45, 2.75) is 10.6 Å². The molecular weight excluding hydrogens is 452 g/mol. The van der Waals surface area contributed by atoms with Crippen molar-refractivity contribution in [1.29, 1.82) is 0 Å². The summed E-state index contributed by atoms with van der Waals surface area (Å²) in [5.74, 6) is -0.514. The molecule has 3 aromatic rings. The van der Waals surface area contributed by atoms with E-state index in [1.54, 1.807) is 60.7 Å². The third-order valence-corrected chi connectivity index (χ3v) is 6.66. The molecule has 0 unspecified atom stereocenters. The predicted octanol–water partition coefficient (Wildman–Crippen LogP) is 2.29. The van der Waals surface area contributed by atoms with E-state index in [9.17, 15) is 21.6 Å². The smallest absolute Gasteiger partial charge is 0.285 e. The second kappa shape index (κ2) is 8.19. The fraction of sp³-hybridized carbons (Fsp3) is 0.0476. The molecule has 0 aromatic heterocycles. The highest BCUT2D eigenvalue weighted by molar-refractivity contribution is 7.90. The number of amides is 1. The van der Waals surface area contributed by atoms with Gasteiger partial charge in [0.05, 0.1) is 5.75 Å². The maximum Gasteiger partial charge on any atom is 0.285 e. The number of nitrogens with two attached hydrogens (primary N) is 1. The monoisotopic (exact) mass is 470 g/mol. The number of nitrogens with zero attached hydrogens (tertiary/aromatic N) is 1. The third-order valence-electron chi connectivity index (χ3n) is 4.59. The lowest BCUT2D eigenvalue weighted by molar-refractivity contribution is 0.102. The van der Waals surface area contributed by atoms with E-state index in [1.807, 2.05) is 0 Å². The number of fused-ring (bicyclic) bond motifs is 1. The van der Waals surface area contributed by atoms with Gasteiger partial charge in [-0.25, -0.2) is 13.6 Å². The van der Waals surface area contributed by atoms with Crippen LogP contribution in [0.25, 0.3) is 0 Å². The molecule has 1 heterocycles. The van der Waals surface area contributed by atoms with Gasteiger partial charge in [0.2, 0.25) is 10.0 Å². The van der Waals surface area contributed by atoms with Crippen LogP contribution >= 0.6 is 0 Å². The van der Waals surface area contributed by atoms with Crippen molar-refractivity contribution in [3.63, 3.8) is 0 Å². The van der Waals surface area contributed by atoms with Gasteiger partial charge in [-0.05, 0) is 54.1 Å². The van der Waals surface area contributed by atoms with Crippen molar-refractivity contribution >= 4 is 43.2 Å². The number of primary sulfonamides is 1. The quantitative estimate of drug-likeness (QED) is 0.521. The van der Waals surface area contributed by atoms with Gasteiger partial charge in [-0.1, -0.05) is 24.3 Å². The lowest BCUT2D eigenvalue weighted by atomic mass is 10.1. The number of amidine groups is 1. The maximum absolute atomic E-state index is 12.5. The minimum absolute atomic E-state index is 0.142. The Hall–Kier alpha value is -3.54. The Morgan fingerprint density at radius 2 is 1.66 bits per heavy atom. The van der Waals surface area contributed by atoms with E-state index in [0.717, 1.165) is 0 Å². The SMILES string of the molecule is NS(=O)(=O)Cc1cccc(NC(=O)c2ccc(NC3=NS(=O)(=O)c4ccccc43)cc2)c1. The molecule has 4 rings (SSSR count). The zero-order valence-electron chi connectivity index (χ0n) is 16.5. The van der Waals surface area contributed by atoms with Gasteiger partial charge in [-0.2, -0.15) is 8.42 Å². The second-order valence-electron chi connectivity index (χ2n) is 7.08. The van der Waals surface area contributed by atoms with Gasteiger partial charge in [0, 0.05) is 22.5 Å². The molecule has 0 radical (unpaired) electrons. The van der Waals surface area contributed by atoms with E-state index in [-0.39, 0.29) is 16.5 Å². The first-order valence-electron chi connectivity index (χ1n) is 9.33. The van der Waals surface area contributed by atoms with Crippen molar-refractivity contribution in [1.82, 2.24) is 0 Å². The minimum Gasteiger partial charge on any atom is -0.339 e. The molecule has 9 nitrogen and oxygen atoms in total. The number of anilines is 2. The van der Waals surface area contributed by atoms with Gasteiger partial charge in [0.1, 0.15) is 4.90 Å². The summed E-state index contributed by atoms with van der Waals surface area (Å²) in [7, 11) is -7.41. The molecule has 0 saturated carbocycles. The first kappa shape index (κ1) is 21.7. The molecule has 1 aliphatic rings. The predicted molar refractivity (Wildman–Crippen MR) is 121 cm³/mol. The number of benzene rings is 3. The molecule has 0 bridgehead atoms. The van der Waals surface area contributed by atoms with E-state index in [2.05, 4.69) is 15.0 Å². The lowest BCUT2D eigenvalue weighted by Crippen LogP contribution is -2.15. The summed E-state index contributed by atoms with van der Waals surface area (Å²) in [5, 5.41) is 10.7. The molecule has 0 spiro atoms. The number of rotatable bonds is 5. The van der Waals surface area contributed by atoms with Crippen molar-refractivity contribution in [3.8, 4) is 0 Å². The summed E-state index contributed by atoms with van der Waals surface area (Å²) in [6.07, 6.45) is 0. The minimum atomic E-state index is -3.73. The van der Waals surface area contributed by atoms with E-state index in [4.69, 9.17) is 5.14 Å². The summed E-state index contributed by atoms with van der Waals surface area (Å²) in [4.78, 5) is 12.7. The molecule has 11 heteroatoms. The Morgan fingerprint density at radius 1 is 0.938 bits per heavy atom. The van der Waals surface area contributed by atoms with Crippen molar-refractivity contribution in [3.05, 3.63) is 89.5 Å². The zero-order valence-corrected chi connectivity index (χ0v) is 18.2. The van der Waals surface area contributed by atoms with Crippen LogP contribution in [-0.4, -0.2) is 28.6 Å². The molecule has 3 aromatic carbocycles. The van der Waals surface area contributed by atoms with Crippen LogP contribution in [0.2, 0.25) is 0 Å². The fourth-order valence-corrected chi connectivity index (χ4v) is 5.03. The van der Waals surface area contributed by atoms with E-state index in [1.165, 1.54) is 12.1 Å². The maximum atomic E-state index is 12.5. The summed E-state index contributed by atoms with van der Waals surface area (Å²) in [5.41, 5.74) is 2.28. The van der Waals surface area contributed by atoms with Crippen LogP contribution in [0.4, 0.5) is 11.4 Å². The molecule has 1 amide bonds. The van der Waals surface area contributed by atoms with Crippen LogP contribution in [0, 0.1) is 0 Å². The molecule has 4 N–H and O–H groups in total. The highest BCUT2D eigenvalue weighted by atomic mass is 32.2. The summed E-state index contributed by atoms with van der Waals surface area (Å²) in [6.45, 7) is 0. The Kier molecular flexibility index (Phi) is 5.55. The Balaban J connectivity index is 1.47. The number of sulfonamides is 2. The average Bonchev–Trinajstić information content (AvgIpc) is 2.98. The number of carbonyl (C=O) groups excluding carboxylic acids is 1. The van der Waals surface area contributed by atoms with Gasteiger partial charge < -0.3 is 10.6 Å². The van der Waals surface area contributed by atoms with Crippen molar-refractivity contribution in [2.75, 3.05) is 10.6 Å². The highest BCUT2D eigenvalue weighted by Crippen LogP contribution is 2.26. The van der Waals surface area contributed by atoms with Crippen LogP contribution in [-0.2, 0) is 25.8 Å². The topological polar surface area (TPSA) is 148 Å². The van der Waals surface area contributed by atoms with Gasteiger partial charge in [0.15, 0.2) is 5.84 Å². The highest BCUT2D eigenvalue weighted by Gasteiger charge is 2.28. The fourth-order valence-electron chi connectivity index (χ4n) is 3.21. The standard InChI is InChI=1S/C21H18N4O5S2/c22-31(27,28)13-14-4-3-5-17(12-14)24-21(26)15-8-10-16(11-9-15)23-20-18-6-1-2-7-19(18)32(29,30)25-20/h1-12H,13H2,(H,23,25)(H,24,26)(H2,22,27,28). The summed E-state index contributed by atoms with van der Waals surface area (Å²) >= 11 is 0. The van der Waals surface area contributed by atoms with E-state index in [0.29, 0.717) is 28.1 Å². The van der Waals surface area contributed by atoms with Crippen molar-refractivity contribution in [2.24, 2.45) is 9.54 Å². The first-order chi connectivity index (χ1) is 15.1. The van der Waals surface area contributed by atoms with Crippen LogP contribution in [0.5, 0.6) is 0 Å². The molecule has 0 saturated heterocycles. The second-order valence-corrected chi connectivity index (χ2v) is 10.3. The molecule has 164 valence electrons. The Labute approximate surface area is 185 Å². The zero-order chi connectivity index (χ0) is 22.9. The number of nitrogens with one attached hydrogen (secondary N) is 2. The van der Waals surface area contributed by atoms with Crippen LogP contribution in [0.1, 0.15) is 21.5 Å². The largest absolute Gasteiger partial charge is 0.339 e. The van der Waals surface area contributed by atoms with Crippen LogP contribution in [0.15, 0.2) is 82.1 Å². The molecule has 0 atom stereocenters. The molecule has 0 aliphatic carbocycles. The normalized spacial score (nSPS) is 14.3. The average molecular weight is 471 g/mol. The number of carbonyl (C=O) groups is 1.